The number of nitrogens with zero attached hydrogens (tertiary/aromatic N) is 2. The Bertz CT molecular complexity index is 1190. The van der Waals surface area contributed by atoms with Crippen LogP contribution in [0, 0.1) is 5.82 Å². The van der Waals surface area contributed by atoms with Crippen LogP contribution in [0.5, 0.6) is 11.5 Å². The molecule has 1 aromatic heterocycles. The minimum absolute atomic E-state index is 0.0829. The number of hydrogen-bond donors (Lipinski definition) is 0. The molecule has 4 rings (SSSR count). The summed E-state index contributed by atoms with van der Waals surface area (Å²) in [4.78, 5) is 18.8. The molecule has 3 aromatic rings. The zero-order chi connectivity index (χ0) is 25.7. The SMILES string of the molecule is COc1cc(F)c(N(Cc2cccnc2)c2cccc(C(=O)OC(C)(C)C)c2)cc1OC1CCCC1. The van der Waals surface area contributed by atoms with Crippen molar-refractivity contribution in [2.75, 3.05) is 12.0 Å². The highest BCUT2D eigenvalue weighted by molar-refractivity contribution is 5.91. The summed E-state index contributed by atoms with van der Waals surface area (Å²) < 4.78 is 32.8. The van der Waals surface area contributed by atoms with E-state index in [0.29, 0.717) is 35.0 Å². The van der Waals surface area contributed by atoms with E-state index in [1.54, 1.807) is 41.6 Å². The van der Waals surface area contributed by atoms with Crippen molar-refractivity contribution in [3.63, 3.8) is 0 Å². The van der Waals surface area contributed by atoms with Gasteiger partial charge in [-0.25, -0.2) is 9.18 Å². The van der Waals surface area contributed by atoms with E-state index in [9.17, 15) is 4.79 Å². The second-order valence-corrected chi connectivity index (χ2v) is 9.98. The van der Waals surface area contributed by atoms with Gasteiger partial charge < -0.3 is 19.1 Å². The van der Waals surface area contributed by atoms with Crippen LogP contribution < -0.4 is 14.4 Å². The first-order chi connectivity index (χ1) is 17.2. The summed E-state index contributed by atoms with van der Waals surface area (Å²) in [6.45, 7) is 5.80. The van der Waals surface area contributed by atoms with Gasteiger partial charge >= 0.3 is 5.97 Å². The molecule has 1 saturated carbocycles. The smallest absolute Gasteiger partial charge is 0.338 e. The molecular formula is C29H33FN2O4. The number of aromatic nitrogens is 1. The van der Waals surface area contributed by atoms with Crippen molar-refractivity contribution in [2.24, 2.45) is 0 Å². The van der Waals surface area contributed by atoms with E-state index in [2.05, 4.69) is 4.98 Å². The van der Waals surface area contributed by atoms with Gasteiger partial charge in [0.2, 0.25) is 0 Å². The molecule has 0 N–H and O–H groups in total. The van der Waals surface area contributed by atoms with E-state index >= 15 is 4.39 Å². The second-order valence-electron chi connectivity index (χ2n) is 9.98. The fourth-order valence-corrected chi connectivity index (χ4v) is 4.30. The van der Waals surface area contributed by atoms with Crippen molar-refractivity contribution >= 4 is 17.3 Å². The third-order valence-corrected chi connectivity index (χ3v) is 5.98. The van der Waals surface area contributed by atoms with Gasteiger partial charge in [0, 0.05) is 36.8 Å². The molecule has 7 heteroatoms. The molecule has 1 aliphatic carbocycles. The van der Waals surface area contributed by atoms with Gasteiger partial charge in [0.15, 0.2) is 17.3 Å². The van der Waals surface area contributed by atoms with Gasteiger partial charge in [0.25, 0.3) is 0 Å². The predicted molar refractivity (Wildman–Crippen MR) is 138 cm³/mol. The molecule has 2 aromatic carbocycles. The summed E-state index contributed by atoms with van der Waals surface area (Å²) >= 11 is 0. The number of pyridine rings is 1. The minimum atomic E-state index is -0.628. The zero-order valence-corrected chi connectivity index (χ0v) is 21.3. The zero-order valence-electron chi connectivity index (χ0n) is 21.3. The van der Waals surface area contributed by atoms with Crippen LogP contribution in [0.15, 0.2) is 60.9 Å². The van der Waals surface area contributed by atoms with Crippen molar-refractivity contribution in [1.29, 1.82) is 0 Å². The van der Waals surface area contributed by atoms with Gasteiger partial charge in [0.1, 0.15) is 5.60 Å². The first kappa shape index (κ1) is 25.5. The lowest BCUT2D eigenvalue weighted by Crippen LogP contribution is -2.24. The minimum Gasteiger partial charge on any atom is -0.493 e. The number of hydrogen-bond acceptors (Lipinski definition) is 6. The average Bonchev–Trinajstić information content (AvgIpc) is 3.36. The predicted octanol–water partition coefficient (Wildman–Crippen LogP) is 6.84. The van der Waals surface area contributed by atoms with Crippen LogP contribution >= 0.6 is 0 Å². The number of esters is 1. The van der Waals surface area contributed by atoms with Crippen molar-refractivity contribution < 1.29 is 23.4 Å². The lowest BCUT2D eigenvalue weighted by atomic mass is 10.1. The molecule has 36 heavy (non-hydrogen) atoms. The summed E-state index contributed by atoms with van der Waals surface area (Å²) in [5.74, 6) is -0.0458. The monoisotopic (exact) mass is 492 g/mol. The van der Waals surface area contributed by atoms with Crippen molar-refractivity contribution in [2.45, 2.75) is 64.7 Å². The van der Waals surface area contributed by atoms with Gasteiger partial charge in [-0.2, -0.15) is 0 Å². The van der Waals surface area contributed by atoms with Crippen LogP contribution in [0.3, 0.4) is 0 Å². The van der Waals surface area contributed by atoms with Crippen LogP contribution in [-0.2, 0) is 11.3 Å². The first-order valence-electron chi connectivity index (χ1n) is 12.3. The summed E-state index contributed by atoms with van der Waals surface area (Å²) in [6.07, 6.45) is 7.68. The van der Waals surface area contributed by atoms with Crippen LogP contribution in [0.1, 0.15) is 62.4 Å². The lowest BCUT2D eigenvalue weighted by Gasteiger charge is -2.28. The maximum atomic E-state index is 15.6. The third-order valence-electron chi connectivity index (χ3n) is 5.98. The molecule has 0 amide bonds. The molecule has 0 spiro atoms. The van der Waals surface area contributed by atoms with Crippen LogP contribution in [0.2, 0.25) is 0 Å². The maximum Gasteiger partial charge on any atom is 0.338 e. The summed E-state index contributed by atoms with van der Waals surface area (Å²) in [7, 11) is 1.51. The summed E-state index contributed by atoms with van der Waals surface area (Å²) in [5, 5.41) is 0. The van der Waals surface area contributed by atoms with Crippen molar-refractivity contribution in [3.8, 4) is 11.5 Å². The van der Waals surface area contributed by atoms with E-state index in [1.165, 1.54) is 13.2 Å². The van der Waals surface area contributed by atoms with Gasteiger partial charge in [-0.05, 0) is 76.3 Å². The molecule has 1 fully saturated rings. The molecular weight excluding hydrogens is 459 g/mol. The van der Waals surface area contributed by atoms with E-state index in [0.717, 1.165) is 31.2 Å². The Labute approximate surface area is 212 Å². The van der Waals surface area contributed by atoms with Crippen molar-refractivity contribution in [3.05, 3.63) is 77.9 Å². The fourth-order valence-electron chi connectivity index (χ4n) is 4.30. The highest BCUT2D eigenvalue weighted by Crippen LogP contribution is 2.40. The molecule has 1 aliphatic rings. The number of halogens is 1. The molecule has 0 aliphatic heterocycles. The Morgan fingerprint density at radius 3 is 2.53 bits per heavy atom. The van der Waals surface area contributed by atoms with E-state index in [-0.39, 0.29) is 6.10 Å². The third kappa shape index (κ3) is 6.33. The van der Waals surface area contributed by atoms with Gasteiger partial charge in [-0.1, -0.05) is 12.1 Å². The molecule has 1 heterocycles. The fraction of sp³-hybridized carbons (Fsp3) is 0.379. The Morgan fingerprint density at radius 2 is 1.86 bits per heavy atom. The Hall–Kier alpha value is -3.61. The standard InChI is InChI=1S/C29H33FN2O4/c1-29(2,3)36-28(33)21-10-7-11-22(15-21)32(19-20-9-8-14-31-18-20)25-17-27(26(34-4)16-24(25)30)35-23-12-5-6-13-23/h7-11,14-18,23H,5-6,12-13,19H2,1-4H3. The molecule has 0 bridgehead atoms. The van der Waals surface area contributed by atoms with E-state index < -0.39 is 17.4 Å². The van der Waals surface area contributed by atoms with E-state index in [1.807, 2.05) is 39.0 Å². The largest absolute Gasteiger partial charge is 0.493 e. The highest BCUT2D eigenvalue weighted by Gasteiger charge is 2.24. The number of carbonyl (C=O) groups is 1. The number of anilines is 2. The number of ether oxygens (including phenoxy) is 3. The Kier molecular flexibility index (Phi) is 7.77. The first-order valence-corrected chi connectivity index (χ1v) is 12.3. The topological polar surface area (TPSA) is 60.9 Å². The molecule has 0 atom stereocenters. The maximum absolute atomic E-state index is 15.6. The second kappa shape index (κ2) is 11.0. The van der Waals surface area contributed by atoms with Gasteiger partial charge in [-0.3, -0.25) is 4.98 Å². The van der Waals surface area contributed by atoms with Crippen LogP contribution in [-0.4, -0.2) is 29.8 Å². The Morgan fingerprint density at radius 1 is 1.08 bits per heavy atom. The molecule has 0 saturated heterocycles. The van der Waals surface area contributed by atoms with Crippen molar-refractivity contribution in [1.82, 2.24) is 4.98 Å². The van der Waals surface area contributed by atoms with Crippen LogP contribution in [0.25, 0.3) is 0 Å². The normalized spacial score (nSPS) is 13.9. The number of methoxy groups -OCH3 is 1. The molecule has 6 nitrogen and oxygen atoms in total. The quantitative estimate of drug-likeness (QED) is 0.321. The number of rotatable bonds is 8. The van der Waals surface area contributed by atoms with Gasteiger partial charge in [0.05, 0.1) is 24.5 Å². The summed E-state index contributed by atoms with van der Waals surface area (Å²) in [6, 6.07) is 13.8. The van der Waals surface area contributed by atoms with E-state index in [4.69, 9.17) is 14.2 Å². The molecule has 0 radical (unpaired) electrons. The Balaban J connectivity index is 1.76. The number of benzene rings is 2. The lowest BCUT2D eigenvalue weighted by molar-refractivity contribution is 0.00695. The highest BCUT2D eigenvalue weighted by atomic mass is 19.1. The van der Waals surface area contributed by atoms with Crippen LogP contribution in [0.4, 0.5) is 15.8 Å². The average molecular weight is 493 g/mol. The number of carbonyl (C=O) groups excluding carboxylic acids is 1. The summed E-state index contributed by atoms with van der Waals surface area (Å²) in [5.41, 5.74) is 1.59. The molecule has 190 valence electrons. The van der Waals surface area contributed by atoms with Gasteiger partial charge in [-0.15, -0.1) is 0 Å². The molecule has 0 unspecified atom stereocenters.